The van der Waals surface area contributed by atoms with Crippen LogP contribution in [0.25, 0.3) is 11.1 Å². The quantitative estimate of drug-likeness (QED) is 0.677. The summed E-state index contributed by atoms with van der Waals surface area (Å²) in [6.07, 6.45) is 3.66. The van der Waals surface area contributed by atoms with E-state index >= 15 is 0 Å². The summed E-state index contributed by atoms with van der Waals surface area (Å²) < 4.78 is 5.74. The molecule has 0 radical (unpaired) electrons. The minimum absolute atomic E-state index is 0.498. The van der Waals surface area contributed by atoms with Crippen molar-refractivity contribution in [3.05, 3.63) is 83.6 Å². The van der Waals surface area contributed by atoms with Crippen molar-refractivity contribution >= 4 is 11.6 Å². The van der Waals surface area contributed by atoms with Crippen molar-refractivity contribution in [2.24, 2.45) is 0 Å². The Morgan fingerprint density at radius 2 is 1.62 bits per heavy atom. The number of halogens is 1. The third-order valence-electron chi connectivity index (χ3n) is 3.12. The molecule has 104 valence electrons. The summed E-state index contributed by atoms with van der Waals surface area (Å²) in [5.41, 5.74) is 3.18. The molecule has 3 heteroatoms. The lowest BCUT2D eigenvalue weighted by atomic mass is 10.1. The number of hydrogen-bond donors (Lipinski definition) is 0. The molecule has 2 nitrogen and oxygen atoms in total. The molecular weight excluding hydrogens is 282 g/mol. The van der Waals surface area contributed by atoms with E-state index in [9.17, 15) is 0 Å². The maximum Gasteiger partial charge on any atom is 0.119 e. The van der Waals surface area contributed by atoms with Crippen molar-refractivity contribution in [2.45, 2.75) is 6.61 Å². The summed E-state index contributed by atoms with van der Waals surface area (Å²) in [7, 11) is 0. The first-order chi connectivity index (χ1) is 10.3. The van der Waals surface area contributed by atoms with Gasteiger partial charge in [-0.1, -0.05) is 41.9 Å². The molecule has 0 saturated carbocycles. The highest BCUT2D eigenvalue weighted by atomic mass is 35.5. The fourth-order valence-corrected chi connectivity index (χ4v) is 2.18. The van der Waals surface area contributed by atoms with Crippen LogP contribution in [0.1, 0.15) is 5.56 Å². The highest BCUT2D eigenvalue weighted by Gasteiger charge is 2.01. The SMILES string of the molecule is Clc1ccc(-c2cncc(COc3ccccc3)c2)cc1. The second kappa shape index (κ2) is 6.42. The summed E-state index contributed by atoms with van der Waals surface area (Å²) in [5, 5.41) is 0.732. The van der Waals surface area contributed by atoms with E-state index < -0.39 is 0 Å². The second-order valence-electron chi connectivity index (χ2n) is 4.69. The van der Waals surface area contributed by atoms with Crippen LogP contribution in [0.3, 0.4) is 0 Å². The molecule has 0 aliphatic carbocycles. The molecule has 0 unspecified atom stereocenters. The van der Waals surface area contributed by atoms with E-state index in [0.29, 0.717) is 6.61 Å². The lowest BCUT2D eigenvalue weighted by Gasteiger charge is -2.07. The third kappa shape index (κ3) is 3.61. The molecule has 0 fully saturated rings. The molecule has 0 atom stereocenters. The third-order valence-corrected chi connectivity index (χ3v) is 3.37. The number of benzene rings is 2. The van der Waals surface area contributed by atoms with Crippen molar-refractivity contribution in [3.63, 3.8) is 0 Å². The van der Waals surface area contributed by atoms with Crippen molar-refractivity contribution in [1.29, 1.82) is 0 Å². The van der Waals surface area contributed by atoms with Gasteiger partial charge in [-0.25, -0.2) is 0 Å². The van der Waals surface area contributed by atoms with Crippen LogP contribution < -0.4 is 4.74 Å². The molecular formula is C18H14ClNO. The number of rotatable bonds is 4. The van der Waals surface area contributed by atoms with Gasteiger partial charge in [-0.3, -0.25) is 4.98 Å². The molecule has 3 aromatic rings. The van der Waals surface area contributed by atoms with Crippen LogP contribution >= 0.6 is 11.6 Å². The van der Waals surface area contributed by atoms with Crippen molar-refractivity contribution in [2.75, 3.05) is 0 Å². The number of pyridine rings is 1. The van der Waals surface area contributed by atoms with Crippen LogP contribution in [0.4, 0.5) is 0 Å². The van der Waals surface area contributed by atoms with Crippen LogP contribution in [-0.2, 0) is 6.61 Å². The molecule has 0 aliphatic rings. The number of para-hydroxylation sites is 1. The van der Waals surface area contributed by atoms with Crippen LogP contribution in [0.2, 0.25) is 5.02 Å². The molecule has 0 bridgehead atoms. The Balaban J connectivity index is 1.75. The molecule has 3 rings (SSSR count). The molecule has 21 heavy (non-hydrogen) atoms. The summed E-state index contributed by atoms with van der Waals surface area (Å²) in [6, 6.07) is 19.6. The van der Waals surface area contributed by atoms with Gasteiger partial charge in [-0.15, -0.1) is 0 Å². The fourth-order valence-electron chi connectivity index (χ4n) is 2.05. The minimum Gasteiger partial charge on any atom is -0.489 e. The lowest BCUT2D eigenvalue weighted by Crippen LogP contribution is -1.96. The smallest absolute Gasteiger partial charge is 0.119 e. The fraction of sp³-hybridized carbons (Fsp3) is 0.0556. The number of hydrogen-bond acceptors (Lipinski definition) is 2. The molecule has 2 aromatic carbocycles. The van der Waals surface area contributed by atoms with Gasteiger partial charge in [-0.05, 0) is 35.9 Å². The lowest BCUT2D eigenvalue weighted by molar-refractivity contribution is 0.306. The summed E-state index contributed by atoms with van der Waals surface area (Å²) in [4.78, 5) is 4.28. The molecule has 0 spiro atoms. The predicted molar refractivity (Wildman–Crippen MR) is 85.5 cm³/mol. The van der Waals surface area contributed by atoms with Crippen molar-refractivity contribution < 1.29 is 4.74 Å². The van der Waals surface area contributed by atoms with Crippen LogP contribution in [0, 0.1) is 0 Å². The zero-order valence-corrected chi connectivity index (χ0v) is 12.1. The van der Waals surface area contributed by atoms with E-state index in [1.807, 2.05) is 67.0 Å². The Hall–Kier alpha value is -2.32. The Labute approximate surface area is 129 Å². The molecule has 0 saturated heterocycles. The maximum absolute atomic E-state index is 5.91. The van der Waals surface area contributed by atoms with Crippen molar-refractivity contribution in [1.82, 2.24) is 4.98 Å². The topological polar surface area (TPSA) is 22.1 Å². The van der Waals surface area contributed by atoms with Crippen LogP contribution in [0.5, 0.6) is 5.75 Å². The maximum atomic E-state index is 5.91. The van der Waals surface area contributed by atoms with E-state index in [2.05, 4.69) is 11.1 Å². The first-order valence-electron chi connectivity index (χ1n) is 6.69. The number of ether oxygens (including phenoxy) is 1. The molecule has 0 aliphatic heterocycles. The Morgan fingerprint density at radius 1 is 0.857 bits per heavy atom. The van der Waals surface area contributed by atoms with Gasteiger partial charge >= 0.3 is 0 Å². The Morgan fingerprint density at radius 3 is 2.38 bits per heavy atom. The van der Waals surface area contributed by atoms with E-state index in [-0.39, 0.29) is 0 Å². The van der Waals surface area contributed by atoms with E-state index in [0.717, 1.165) is 27.5 Å². The Kier molecular flexibility index (Phi) is 4.17. The largest absolute Gasteiger partial charge is 0.489 e. The molecule has 1 aromatic heterocycles. The van der Waals surface area contributed by atoms with Crippen LogP contribution in [-0.4, -0.2) is 4.98 Å². The first-order valence-corrected chi connectivity index (χ1v) is 7.07. The summed E-state index contributed by atoms with van der Waals surface area (Å²) in [5.74, 6) is 0.856. The highest BCUT2D eigenvalue weighted by molar-refractivity contribution is 6.30. The molecule has 0 N–H and O–H groups in total. The average Bonchev–Trinajstić information content (AvgIpc) is 2.55. The number of nitrogens with zero attached hydrogens (tertiary/aromatic N) is 1. The molecule has 1 heterocycles. The minimum atomic E-state index is 0.498. The van der Waals surface area contributed by atoms with E-state index in [4.69, 9.17) is 16.3 Å². The van der Waals surface area contributed by atoms with Crippen molar-refractivity contribution in [3.8, 4) is 16.9 Å². The first kappa shape index (κ1) is 13.7. The van der Waals surface area contributed by atoms with Gasteiger partial charge in [0, 0.05) is 28.5 Å². The normalized spacial score (nSPS) is 10.3. The van der Waals surface area contributed by atoms with E-state index in [1.54, 1.807) is 0 Å². The van der Waals surface area contributed by atoms with Gasteiger partial charge in [0.2, 0.25) is 0 Å². The zero-order chi connectivity index (χ0) is 14.5. The van der Waals surface area contributed by atoms with E-state index in [1.165, 1.54) is 0 Å². The van der Waals surface area contributed by atoms with Gasteiger partial charge in [0.25, 0.3) is 0 Å². The van der Waals surface area contributed by atoms with Gasteiger partial charge in [0.15, 0.2) is 0 Å². The monoisotopic (exact) mass is 295 g/mol. The Bertz CT molecular complexity index is 711. The average molecular weight is 296 g/mol. The molecule has 0 amide bonds. The second-order valence-corrected chi connectivity index (χ2v) is 5.13. The van der Waals surface area contributed by atoms with Gasteiger partial charge < -0.3 is 4.74 Å². The summed E-state index contributed by atoms with van der Waals surface area (Å²) in [6.45, 7) is 0.498. The van der Waals surface area contributed by atoms with Gasteiger partial charge in [0.05, 0.1) is 0 Å². The predicted octanol–water partition coefficient (Wildman–Crippen LogP) is 4.98. The standard InChI is InChI=1S/C18H14ClNO/c19-17-8-6-15(7-9-17)16-10-14(11-20-12-16)13-21-18-4-2-1-3-5-18/h1-12H,13H2. The number of aromatic nitrogens is 1. The summed E-state index contributed by atoms with van der Waals surface area (Å²) >= 11 is 5.91. The highest BCUT2D eigenvalue weighted by Crippen LogP contribution is 2.22. The van der Waals surface area contributed by atoms with Gasteiger partial charge in [0.1, 0.15) is 12.4 Å². The van der Waals surface area contributed by atoms with Gasteiger partial charge in [-0.2, -0.15) is 0 Å². The zero-order valence-electron chi connectivity index (χ0n) is 11.4. The van der Waals surface area contributed by atoms with Crippen LogP contribution in [0.15, 0.2) is 73.1 Å².